The Bertz CT molecular complexity index is 232. The molecule has 0 aromatic heterocycles. The maximum absolute atomic E-state index is 10.4. The first-order valence-corrected chi connectivity index (χ1v) is 3.19. The number of hydrogen-bond acceptors (Lipinski definition) is 3. The zero-order valence-corrected chi connectivity index (χ0v) is 6.39. The van der Waals surface area contributed by atoms with Gasteiger partial charge in [0.25, 0.3) is 0 Å². The number of nitro groups is 1. The number of hydrazine groups is 1. The van der Waals surface area contributed by atoms with Crippen LogP contribution in [0.2, 0.25) is 0 Å². The van der Waals surface area contributed by atoms with Crippen molar-refractivity contribution < 1.29 is 5.03 Å². The summed E-state index contributed by atoms with van der Waals surface area (Å²) in [6, 6.07) is 0. The third-order valence-corrected chi connectivity index (χ3v) is 1.51. The molecule has 0 saturated carbocycles. The summed E-state index contributed by atoms with van der Waals surface area (Å²) in [5.74, 6) is 0. The van der Waals surface area contributed by atoms with E-state index in [2.05, 4.69) is 4.99 Å². The summed E-state index contributed by atoms with van der Waals surface area (Å²) >= 11 is 0. The molecule has 0 spiro atoms. The lowest BCUT2D eigenvalue weighted by Gasteiger charge is -2.26. The van der Waals surface area contributed by atoms with Crippen LogP contribution in [0.4, 0.5) is 0 Å². The topological polar surface area (TPSA) is 58.7 Å². The van der Waals surface area contributed by atoms with E-state index in [1.807, 2.05) is 0 Å². The van der Waals surface area contributed by atoms with Gasteiger partial charge in [0.15, 0.2) is 11.4 Å². The molecular weight excluding hydrogens is 146 g/mol. The molecule has 11 heavy (non-hydrogen) atoms. The van der Waals surface area contributed by atoms with Crippen molar-refractivity contribution in [3.8, 4) is 0 Å². The largest absolute Gasteiger partial charge is 0.241 e. The molecule has 0 radical (unpaired) electrons. The van der Waals surface area contributed by atoms with Gasteiger partial charge in [-0.25, -0.2) is 15.1 Å². The zero-order chi connectivity index (χ0) is 8.48. The molecule has 1 aliphatic heterocycles. The second-order valence-electron chi connectivity index (χ2n) is 2.82. The summed E-state index contributed by atoms with van der Waals surface area (Å²) in [7, 11) is 0. The molecule has 60 valence electrons. The second-order valence-corrected chi connectivity index (χ2v) is 2.82. The summed E-state index contributed by atoms with van der Waals surface area (Å²) in [6.45, 7) is 3.50. The third-order valence-electron chi connectivity index (χ3n) is 1.51. The molecule has 1 heterocycles. The third kappa shape index (κ3) is 1.36. The fourth-order valence-corrected chi connectivity index (χ4v) is 0.805. The monoisotopic (exact) mass is 155 g/mol. The van der Waals surface area contributed by atoms with Crippen molar-refractivity contribution >= 4 is 6.34 Å². The Morgan fingerprint density at radius 1 is 1.64 bits per heavy atom. The summed E-state index contributed by atoms with van der Waals surface area (Å²) in [5.41, 5.74) is -0.578. The molecule has 0 amide bonds. The minimum Gasteiger partial charge on any atom is -0.241 e. The highest BCUT2D eigenvalue weighted by Crippen LogP contribution is 2.16. The quantitative estimate of drug-likeness (QED) is 0.416. The average Bonchev–Trinajstić information content (AvgIpc) is 1.85. The van der Waals surface area contributed by atoms with Crippen LogP contribution >= 0.6 is 0 Å². The van der Waals surface area contributed by atoms with E-state index in [0.717, 1.165) is 5.01 Å². The molecule has 1 rings (SSSR count). The molecule has 0 aliphatic carbocycles. The second kappa shape index (κ2) is 2.34. The van der Waals surface area contributed by atoms with Gasteiger partial charge >= 0.3 is 0 Å². The fourth-order valence-electron chi connectivity index (χ4n) is 0.805. The number of hydrogen-bond donors (Lipinski definition) is 0. The summed E-state index contributed by atoms with van der Waals surface area (Å²) < 4.78 is 0. The van der Waals surface area contributed by atoms with Crippen LogP contribution < -0.4 is 0 Å². The number of rotatable bonds is 1. The van der Waals surface area contributed by atoms with Gasteiger partial charge in [-0.3, -0.25) is 0 Å². The molecule has 0 unspecified atom stereocenters. The molecule has 0 saturated heterocycles. The normalized spacial score (nSPS) is 20.4. The standard InChI is InChI=1S/C6H9N3O2/c1-6(2)3-4-7-5-8(6)9(10)11/h3-5H,1-2H3. The summed E-state index contributed by atoms with van der Waals surface area (Å²) in [4.78, 5) is 14.0. The highest BCUT2D eigenvalue weighted by Gasteiger charge is 2.32. The average molecular weight is 155 g/mol. The van der Waals surface area contributed by atoms with Gasteiger partial charge in [0.1, 0.15) is 5.54 Å². The van der Waals surface area contributed by atoms with E-state index in [1.54, 1.807) is 26.1 Å². The first-order chi connectivity index (χ1) is 5.04. The maximum atomic E-state index is 10.4. The van der Waals surface area contributed by atoms with Gasteiger partial charge in [0.05, 0.1) is 0 Å². The van der Waals surface area contributed by atoms with Crippen molar-refractivity contribution in [1.29, 1.82) is 0 Å². The minimum atomic E-state index is -0.578. The van der Waals surface area contributed by atoms with Gasteiger partial charge < -0.3 is 0 Å². The van der Waals surface area contributed by atoms with E-state index in [1.165, 1.54) is 6.34 Å². The Hall–Kier alpha value is -1.39. The molecule has 5 heteroatoms. The molecule has 1 aliphatic rings. The molecule has 0 N–H and O–H groups in total. The Kier molecular flexibility index (Phi) is 1.64. The van der Waals surface area contributed by atoms with Crippen molar-refractivity contribution in [2.24, 2.45) is 4.99 Å². The summed E-state index contributed by atoms with van der Waals surface area (Å²) in [5, 5.41) is 10.9. The molecule has 0 aromatic carbocycles. The minimum absolute atomic E-state index is 0.479. The van der Waals surface area contributed by atoms with E-state index in [4.69, 9.17) is 0 Å². The lowest BCUT2D eigenvalue weighted by molar-refractivity contribution is -0.641. The van der Waals surface area contributed by atoms with E-state index in [0.29, 0.717) is 0 Å². The Balaban J connectivity index is 2.89. The van der Waals surface area contributed by atoms with Crippen molar-refractivity contribution in [3.63, 3.8) is 0 Å². The van der Waals surface area contributed by atoms with E-state index < -0.39 is 10.6 Å². The highest BCUT2D eigenvalue weighted by atomic mass is 16.7. The Morgan fingerprint density at radius 3 is 2.64 bits per heavy atom. The van der Waals surface area contributed by atoms with Gasteiger partial charge in [-0.05, 0) is 19.9 Å². The van der Waals surface area contributed by atoms with Crippen molar-refractivity contribution in [2.75, 3.05) is 0 Å². The van der Waals surface area contributed by atoms with Crippen LogP contribution in [0.15, 0.2) is 17.3 Å². The van der Waals surface area contributed by atoms with Gasteiger partial charge in [0.2, 0.25) is 0 Å². The molecule has 5 nitrogen and oxygen atoms in total. The fraction of sp³-hybridized carbons (Fsp3) is 0.500. The molecular formula is C6H9N3O2. The van der Waals surface area contributed by atoms with Crippen molar-refractivity contribution in [1.82, 2.24) is 5.01 Å². The first-order valence-electron chi connectivity index (χ1n) is 3.19. The molecule has 0 bridgehead atoms. The van der Waals surface area contributed by atoms with E-state index >= 15 is 0 Å². The highest BCUT2D eigenvalue weighted by molar-refractivity contribution is 5.57. The lowest BCUT2D eigenvalue weighted by atomic mass is 10.1. The van der Waals surface area contributed by atoms with Gasteiger partial charge in [0, 0.05) is 6.20 Å². The number of aliphatic imine (C=N–C) groups is 1. The van der Waals surface area contributed by atoms with Crippen LogP contribution in [0.5, 0.6) is 0 Å². The van der Waals surface area contributed by atoms with Crippen LogP contribution in [0.25, 0.3) is 0 Å². The smallest absolute Gasteiger partial charge is 0.166 e. The van der Waals surface area contributed by atoms with E-state index in [9.17, 15) is 10.1 Å². The van der Waals surface area contributed by atoms with E-state index in [-0.39, 0.29) is 0 Å². The van der Waals surface area contributed by atoms with Crippen LogP contribution in [-0.2, 0) is 0 Å². The number of nitrogens with zero attached hydrogens (tertiary/aromatic N) is 3. The van der Waals surface area contributed by atoms with Crippen LogP contribution in [0.1, 0.15) is 13.8 Å². The first kappa shape index (κ1) is 7.71. The molecule has 0 atom stereocenters. The Morgan fingerprint density at radius 2 is 2.27 bits per heavy atom. The van der Waals surface area contributed by atoms with Gasteiger partial charge in [-0.1, -0.05) is 5.01 Å². The van der Waals surface area contributed by atoms with Crippen LogP contribution in [0, 0.1) is 10.1 Å². The van der Waals surface area contributed by atoms with Gasteiger partial charge in [-0.2, -0.15) is 0 Å². The SMILES string of the molecule is CC1(C)C=CN=CN1[N+](=O)[O-]. The van der Waals surface area contributed by atoms with Crippen LogP contribution in [-0.4, -0.2) is 21.9 Å². The zero-order valence-electron chi connectivity index (χ0n) is 6.39. The lowest BCUT2D eigenvalue weighted by Crippen LogP contribution is -2.46. The predicted molar refractivity (Wildman–Crippen MR) is 40.5 cm³/mol. The van der Waals surface area contributed by atoms with Crippen molar-refractivity contribution in [2.45, 2.75) is 19.4 Å². The van der Waals surface area contributed by atoms with Crippen molar-refractivity contribution in [3.05, 3.63) is 22.4 Å². The molecule has 0 fully saturated rings. The molecule has 0 aromatic rings. The van der Waals surface area contributed by atoms with Gasteiger partial charge in [-0.15, -0.1) is 0 Å². The Labute approximate surface area is 64.1 Å². The summed E-state index contributed by atoms with van der Waals surface area (Å²) in [6.07, 6.45) is 4.44. The van der Waals surface area contributed by atoms with Crippen LogP contribution in [0.3, 0.4) is 0 Å². The maximum Gasteiger partial charge on any atom is 0.166 e. The predicted octanol–water partition coefficient (Wildman–Crippen LogP) is 0.814.